The van der Waals surface area contributed by atoms with E-state index in [1.807, 2.05) is 48.5 Å². The number of benzene rings is 4. The molecule has 0 fully saturated rings. The Labute approximate surface area is 244 Å². The summed E-state index contributed by atoms with van der Waals surface area (Å²) in [5.41, 5.74) is 6.38. The molecule has 4 nitrogen and oxygen atoms in total. The molecule has 0 radical (unpaired) electrons. The third kappa shape index (κ3) is 5.03. The Bertz CT molecular complexity index is 1900. The summed E-state index contributed by atoms with van der Waals surface area (Å²) < 4.78 is 2.22. The molecule has 0 atom stereocenters. The zero-order valence-corrected chi connectivity index (χ0v) is 26.5. The number of hydrogen-bond donors (Lipinski definition) is 0. The van der Waals surface area contributed by atoms with Crippen molar-refractivity contribution in [1.29, 1.82) is 5.26 Å². The molecule has 0 aliphatic rings. The fourth-order valence-corrected chi connectivity index (χ4v) is 7.68. The van der Waals surface area contributed by atoms with Crippen LogP contribution in [0.3, 0.4) is 0 Å². The molecular weight excluding hydrogens is 533 g/mol. The normalized spacial score (nSPS) is 12.1. The van der Waals surface area contributed by atoms with E-state index in [0.29, 0.717) is 11.5 Å². The maximum absolute atomic E-state index is 9.56. The molecule has 2 aromatic heterocycles. The lowest BCUT2D eigenvalue weighted by atomic mass is 10.1. The fourth-order valence-electron chi connectivity index (χ4n) is 5.36. The first-order valence-corrected chi connectivity index (χ1v) is 21.1. The molecule has 6 heteroatoms. The van der Waals surface area contributed by atoms with Crippen LogP contribution < -0.4 is 10.4 Å². The van der Waals surface area contributed by atoms with Gasteiger partial charge in [-0.2, -0.15) is 5.26 Å². The van der Waals surface area contributed by atoms with E-state index in [0.717, 1.165) is 33.5 Å². The van der Waals surface area contributed by atoms with E-state index in [4.69, 9.17) is 9.97 Å². The molecule has 202 valence electrons. The van der Waals surface area contributed by atoms with E-state index in [2.05, 4.69) is 98.4 Å². The lowest BCUT2D eigenvalue weighted by molar-refractivity contribution is 0.996. The summed E-state index contributed by atoms with van der Waals surface area (Å²) in [7, 11) is -3.06. The fraction of sp³-hybridized carbons (Fsp3) is 0.171. The highest BCUT2D eigenvalue weighted by Gasteiger charge is 2.23. The van der Waals surface area contributed by atoms with Crippen molar-refractivity contribution in [3.05, 3.63) is 103 Å². The molecule has 0 aliphatic carbocycles. The zero-order chi connectivity index (χ0) is 28.9. The Kier molecular flexibility index (Phi) is 6.52. The summed E-state index contributed by atoms with van der Waals surface area (Å²) in [5, 5.41) is 14.9. The molecule has 0 bridgehead atoms. The van der Waals surface area contributed by atoms with Gasteiger partial charge in [-0.3, -0.25) is 4.57 Å². The predicted octanol–water partition coefficient (Wildman–Crippen LogP) is 7.87. The van der Waals surface area contributed by atoms with Gasteiger partial charge in [-0.25, -0.2) is 9.97 Å². The first kappa shape index (κ1) is 26.9. The van der Waals surface area contributed by atoms with Crippen molar-refractivity contribution in [3.63, 3.8) is 0 Å². The maximum atomic E-state index is 9.56. The van der Waals surface area contributed by atoms with Crippen molar-refractivity contribution < 1.29 is 0 Å². The van der Waals surface area contributed by atoms with Gasteiger partial charge in [0.05, 0.1) is 50.2 Å². The number of fused-ring (bicyclic) bond motifs is 3. The average molecular weight is 567 g/mol. The smallest absolute Gasteiger partial charge is 0.235 e. The molecule has 2 heterocycles. The molecular formula is C35H34N4Si2. The van der Waals surface area contributed by atoms with Gasteiger partial charge < -0.3 is 0 Å². The maximum Gasteiger partial charge on any atom is 0.235 e. The van der Waals surface area contributed by atoms with Crippen LogP contribution in [0.4, 0.5) is 0 Å². The Morgan fingerprint density at radius 1 is 0.585 bits per heavy atom. The second kappa shape index (κ2) is 9.95. The standard InChI is InChI=1S/C35H34N4Si2/c1-40(2,3)27-15-17-33-29(20-27)30-21-28(41(4,5)6)16-18-34(30)39(33)35-37-31(25-12-8-7-9-13-25)22-32(38-35)26-14-10-11-24(19-26)23-36/h7-22H,1-6H3. The minimum Gasteiger partial charge on any atom is -0.278 e. The molecule has 0 N–H and O–H groups in total. The SMILES string of the molecule is C[Si](C)(C)c1ccc2c(c1)c1cc([Si](C)(C)C)ccc1n2-c1nc(-c2ccccc2)cc(-c2cccc(C#N)c2)n1. The van der Waals surface area contributed by atoms with Crippen molar-refractivity contribution in [3.8, 4) is 34.5 Å². The van der Waals surface area contributed by atoms with Gasteiger partial charge in [-0.05, 0) is 30.3 Å². The van der Waals surface area contributed by atoms with Crippen LogP contribution in [0.15, 0.2) is 97.1 Å². The van der Waals surface area contributed by atoms with Crippen molar-refractivity contribution >= 4 is 48.3 Å². The van der Waals surface area contributed by atoms with Crippen LogP contribution in [-0.2, 0) is 0 Å². The van der Waals surface area contributed by atoms with E-state index in [1.54, 1.807) is 0 Å². The third-order valence-electron chi connectivity index (χ3n) is 7.77. The topological polar surface area (TPSA) is 54.5 Å². The predicted molar refractivity (Wildman–Crippen MR) is 178 cm³/mol. The van der Waals surface area contributed by atoms with Crippen molar-refractivity contribution in [1.82, 2.24) is 14.5 Å². The van der Waals surface area contributed by atoms with Crippen LogP contribution in [0.1, 0.15) is 5.56 Å². The highest BCUT2D eigenvalue weighted by molar-refractivity contribution is 6.89. The van der Waals surface area contributed by atoms with Gasteiger partial charge in [0.2, 0.25) is 5.95 Å². The summed E-state index contributed by atoms with van der Waals surface area (Å²) >= 11 is 0. The van der Waals surface area contributed by atoms with E-state index in [-0.39, 0.29) is 0 Å². The monoisotopic (exact) mass is 566 g/mol. The van der Waals surface area contributed by atoms with Gasteiger partial charge in [0.25, 0.3) is 0 Å². The van der Waals surface area contributed by atoms with Gasteiger partial charge in [0, 0.05) is 21.9 Å². The summed E-state index contributed by atoms with van der Waals surface area (Å²) in [5.74, 6) is 0.630. The van der Waals surface area contributed by atoms with Gasteiger partial charge in [0.1, 0.15) is 0 Å². The second-order valence-corrected chi connectivity index (χ2v) is 23.0. The van der Waals surface area contributed by atoms with Gasteiger partial charge in [-0.1, -0.05) is 116 Å². The van der Waals surface area contributed by atoms with Gasteiger partial charge >= 0.3 is 0 Å². The largest absolute Gasteiger partial charge is 0.278 e. The molecule has 0 unspecified atom stereocenters. The molecule has 0 aliphatic heterocycles. The van der Waals surface area contributed by atoms with Crippen LogP contribution in [0.2, 0.25) is 39.3 Å². The van der Waals surface area contributed by atoms with Crippen molar-refractivity contribution in [2.75, 3.05) is 0 Å². The molecule has 41 heavy (non-hydrogen) atoms. The summed E-state index contributed by atoms with van der Waals surface area (Å²) in [6.45, 7) is 14.4. The first-order valence-electron chi connectivity index (χ1n) is 14.1. The quantitative estimate of drug-likeness (QED) is 0.200. The van der Waals surface area contributed by atoms with Crippen LogP contribution in [-0.4, -0.2) is 30.7 Å². The van der Waals surface area contributed by atoms with E-state index in [1.165, 1.54) is 21.1 Å². The van der Waals surface area contributed by atoms with Crippen molar-refractivity contribution in [2.24, 2.45) is 0 Å². The Morgan fingerprint density at radius 3 is 1.66 bits per heavy atom. The Balaban J connectivity index is 1.69. The molecule has 4 aromatic carbocycles. The zero-order valence-electron chi connectivity index (χ0n) is 24.5. The van der Waals surface area contributed by atoms with Crippen LogP contribution in [0, 0.1) is 11.3 Å². The number of nitriles is 1. The minimum atomic E-state index is -1.53. The average Bonchev–Trinajstić information content (AvgIpc) is 3.29. The third-order valence-corrected chi connectivity index (χ3v) is 11.9. The Hall–Kier alpha value is -4.32. The molecule has 0 spiro atoms. The van der Waals surface area contributed by atoms with Crippen LogP contribution in [0.5, 0.6) is 0 Å². The van der Waals surface area contributed by atoms with E-state index in [9.17, 15) is 5.26 Å². The summed E-state index contributed by atoms with van der Waals surface area (Å²) in [6.07, 6.45) is 0. The van der Waals surface area contributed by atoms with E-state index >= 15 is 0 Å². The Morgan fingerprint density at radius 2 is 1.12 bits per heavy atom. The molecule has 0 saturated heterocycles. The molecule has 0 amide bonds. The lowest BCUT2D eigenvalue weighted by Gasteiger charge is -2.17. The minimum absolute atomic E-state index is 0.610. The highest BCUT2D eigenvalue weighted by Crippen LogP contribution is 2.33. The van der Waals surface area contributed by atoms with E-state index < -0.39 is 16.1 Å². The van der Waals surface area contributed by atoms with Crippen LogP contribution >= 0.6 is 0 Å². The summed E-state index contributed by atoms with van der Waals surface area (Å²) in [4.78, 5) is 10.3. The van der Waals surface area contributed by atoms with Gasteiger partial charge in [0.15, 0.2) is 0 Å². The number of rotatable bonds is 5. The van der Waals surface area contributed by atoms with Crippen molar-refractivity contribution in [2.45, 2.75) is 39.3 Å². The molecule has 6 aromatic rings. The lowest BCUT2D eigenvalue weighted by Crippen LogP contribution is -2.37. The summed E-state index contributed by atoms with van der Waals surface area (Å²) in [6, 6.07) is 36.1. The molecule has 6 rings (SSSR count). The molecule has 0 saturated carbocycles. The van der Waals surface area contributed by atoms with Gasteiger partial charge in [-0.15, -0.1) is 0 Å². The second-order valence-electron chi connectivity index (χ2n) is 12.8. The number of nitrogens with zero attached hydrogens (tertiary/aromatic N) is 4. The number of hydrogen-bond acceptors (Lipinski definition) is 3. The van der Waals surface area contributed by atoms with Crippen LogP contribution in [0.25, 0.3) is 50.3 Å². The first-order chi connectivity index (χ1) is 19.5. The highest BCUT2D eigenvalue weighted by atomic mass is 28.3. The number of aromatic nitrogens is 3.